The summed E-state index contributed by atoms with van der Waals surface area (Å²) in [6.45, 7) is 11.1. The van der Waals surface area contributed by atoms with Crippen LogP contribution in [0.25, 0.3) is 0 Å². The number of nitrogens with zero attached hydrogens (tertiary/aromatic N) is 2. The predicted octanol–water partition coefficient (Wildman–Crippen LogP) is 2.82. The van der Waals surface area contributed by atoms with Crippen LogP contribution in [0, 0.1) is 5.41 Å². The van der Waals surface area contributed by atoms with E-state index in [2.05, 4.69) is 48.1 Å². The first-order valence-corrected chi connectivity index (χ1v) is 7.01. The van der Waals surface area contributed by atoms with E-state index in [9.17, 15) is 0 Å². The Balaban J connectivity index is 1.99. The fourth-order valence-corrected chi connectivity index (χ4v) is 2.46. The first-order chi connectivity index (χ1) is 8.61. The van der Waals surface area contributed by atoms with Gasteiger partial charge in [0.2, 0.25) is 0 Å². The summed E-state index contributed by atoms with van der Waals surface area (Å²) in [6, 6.07) is 4.33. The monoisotopic (exact) mass is 247 g/mol. The molecule has 1 fully saturated rings. The van der Waals surface area contributed by atoms with Gasteiger partial charge >= 0.3 is 0 Å². The van der Waals surface area contributed by atoms with Crippen molar-refractivity contribution in [1.29, 1.82) is 0 Å². The van der Waals surface area contributed by atoms with Crippen molar-refractivity contribution in [3.8, 4) is 0 Å². The standard InChI is InChI=1S/C15H25N3/c1-4-7-16-11-13-5-8-17-14(10-13)18-9-6-15(2,3)12-18/h5,8,10,16H,4,6-7,9,11-12H2,1-3H3. The Labute approximate surface area is 111 Å². The lowest BCUT2D eigenvalue weighted by Gasteiger charge is -2.21. The predicted molar refractivity (Wildman–Crippen MR) is 76.8 cm³/mol. The molecule has 100 valence electrons. The van der Waals surface area contributed by atoms with Crippen molar-refractivity contribution in [2.24, 2.45) is 5.41 Å². The van der Waals surface area contributed by atoms with Gasteiger partial charge in [-0.05, 0) is 42.5 Å². The Morgan fingerprint density at radius 2 is 2.28 bits per heavy atom. The van der Waals surface area contributed by atoms with E-state index in [1.165, 1.54) is 18.4 Å². The SMILES string of the molecule is CCCNCc1ccnc(N2CCC(C)(C)C2)c1. The molecule has 1 saturated heterocycles. The van der Waals surface area contributed by atoms with Gasteiger partial charge in [0.05, 0.1) is 0 Å². The first kappa shape index (κ1) is 13.3. The van der Waals surface area contributed by atoms with Crippen LogP contribution < -0.4 is 10.2 Å². The van der Waals surface area contributed by atoms with E-state index in [0.29, 0.717) is 5.41 Å². The maximum atomic E-state index is 4.51. The summed E-state index contributed by atoms with van der Waals surface area (Å²) in [5.74, 6) is 1.14. The molecule has 18 heavy (non-hydrogen) atoms. The summed E-state index contributed by atoms with van der Waals surface area (Å²) >= 11 is 0. The number of hydrogen-bond donors (Lipinski definition) is 1. The van der Waals surface area contributed by atoms with Crippen LogP contribution in [0.4, 0.5) is 5.82 Å². The third-order valence-electron chi connectivity index (χ3n) is 3.57. The number of hydrogen-bond acceptors (Lipinski definition) is 3. The highest BCUT2D eigenvalue weighted by Gasteiger charge is 2.29. The average molecular weight is 247 g/mol. The number of nitrogens with one attached hydrogen (secondary N) is 1. The Bertz CT molecular complexity index is 387. The highest BCUT2D eigenvalue weighted by molar-refractivity contribution is 5.42. The highest BCUT2D eigenvalue weighted by Crippen LogP contribution is 2.31. The number of pyridine rings is 1. The van der Waals surface area contributed by atoms with E-state index in [-0.39, 0.29) is 0 Å². The molecule has 0 spiro atoms. The van der Waals surface area contributed by atoms with Crippen molar-refractivity contribution < 1.29 is 0 Å². The minimum Gasteiger partial charge on any atom is -0.356 e. The maximum Gasteiger partial charge on any atom is 0.128 e. The van der Waals surface area contributed by atoms with Crippen molar-refractivity contribution in [2.45, 2.75) is 40.2 Å². The third-order valence-corrected chi connectivity index (χ3v) is 3.57. The highest BCUT2D eigenvalue weighted by atomic mass is 15.2. The summed E-state index contributed by atoms with van der Waals surface area (Å²) in [5.41, 5.74) is 1.76. The fraction of sp³-hybridized carbons (Fsp3) is 0.667. The van der Waals surface area contributed by atoms with E-state index in [1.807, 2.05) is 6.20 Å². The first-order valence-electron chi connectivity index (χ1n) is 7.01. The number of anilines is 1. The summed E-state index contributed by atoms with van der Waals surface area (Å²) in [6.07, 6.45) is 4.37. The van der Waals surface area contributed by atoms with E-state index in [0.717, 1.165) is 32.0 Å². The van der Waals surface area contributed by atoms with Crippen LogP contribution in [0.3, 0.4) is 0 Å². The molecule has 2 heterocycles. The van der Waals surface area contributed by atoms with Crippen LogP contribution in [0.5, 0.6) is 0 Å². The van der Waals surface area contributed by atoms with Gasteiger partial charge in [0.25, 0.3) is 0 Å². The lowest BCUT2D eigenvalue weighted by atomic mass is 9.93. The van der Waals surface area contributed by atoms with Gasteiger partial charge in [0, 0.05) is 25.8 Å². The minimum atomic E-state index is 0.429. The Kier molecular flexibility index (Phi) is 4.23. The molecule has 0 radical (unpaired) electrons. The molecule has 0 unspecified atom stereocenters. The van der Waals surface area contributed by atoms with Gasteiger partial charge in [-0.25, -0.2) is 4.98 Å². The molecule has 0 amide bonds. The van der Waals surface area contributed by atoms with Crippen LogP contribution in [0.1, 0.15) is 39.2 Å². The Hall–Kier alpha value is -1.09. The average Bonchev–Trinajstić information content (AvgIpc) is 2.71. The molecule has 1 N–H and O–H groups in total. The molecular formula is C15H25N3. The van der Waals surface area contributed by atoms with Crippen molar-refractivity contribution in [3.05, 3.63) is 23.9 Å². The van der Waals surface area contributed by atoms with Gasteiger partial charge in [-0.2, -0.15) is 0 Å². The van der Waals surface area contributed by atoms with Gasteiger partial charge in [-0.15, -0.1) is 0 Å². The van der Waals surface area contributed by atoms with Crippen LogP contribution in [-0.4, -0.2) is 24.6 Å². The van der Waals surface area contributed by atoms with Crippen LogP contribution >= 0.6 is 0 Å². The molecule has 0 aliphatic carbocycles. The van der Waals surface area contributed by atoms with Crippen LogP contribution in [0.2, 0.25) is 0 Å². The molecule has 1 aliphatic heterocycles. The number of rotatable bonds is 5. The van der Waals surface area contributed by atoms with Gasteiger partial charge < -0.3 is 10.2 Å². The topological polar surface area (TPSA) is 28.2 Å². The second-order valence-electron chi connectivity index (χ2n) is 6.03. The summed E-state index contributed by atoms with van der Waals surface area (Å²) < 4.78 is 0. The largest absolute Gasteiger partial charge is 0.356 e. The lowest BCUT2D eigenvalue weighted by molar-refractivity contribution is 0.418. The fourth-order valence-electron chi connectivity index (χ4n) is 2.46. The molecule has 1 aromatic heterocycles. The van der Waals surface area contributed by atoms with Gasteiger partial charge in [0.1, 0.15) is 5.82 Å². The third kappa shape index (κ3) is 3.45. The van der Waals surface area contributed by atoms with Gasteiger partial charge in [-0.1, -0.05) is 20.8 Å². The lowest BCUT2D eigenvalue weighted by Crippen LogP contribution is -2.24. The zero-order valence-electron chi connectivity index (χ0n) is 11.9. The zero-order valence-corrected chi connectivity index (χ0v) is 11.9. The van der Waals surface area contributed by atoms with E-state index in [4.69, 9.17) is 0 Å². The van der Waals surface area contributed by atoms with Crippen molar-refractivity contribution in [2.75, 3.05) is 24.5 Å². The van der Waals surface area contributed by atoms with E-state index in [1.54, 1.807) is 0 Å². The molecule has 1 aromatic rings. The smallest absolute Gasteiger partial charge is 0.128 e. The van der Waals surface area contributed by atoms with Gasteiger partial charge in [-0.3, -0.25) is 0 Å². The quantitative estimate of drug-likeness (QED) is 0.811. The van der Waals surface area contributed by atoms with Crippen molar-refractivity contribution in [3.63, 3.8) is 0 Å². The van der Waals surface area contributed by atoms with E-state index >= 15 is 0 Å². The van der Waals surface area contributed by atoms with Gasteiger partial charge in [0.15, 0.2) is 0 Å². The molecule has 3 heteroatoms. The molecule has 1 aliphatic rings. The van der Waals surface area contributed by atoms with Crippen molar-refractivity contribution in [1.82, 2.24) is 10.3 Å². The summed E-state index contributed by atoms with van der Waals surface area (Å²) in [5, 5.41) is 3.44. The van der Waals surface area contributed by atoms with Crippen molar-refractivity contribution >= 4 is 5.82 Å². The normalized spacial score (nSPS) is 18.3. The number of aromatic nitrogens is 1. The minimum absolute atomic E-state index is 0.429. The van der Waals surface area contributed by atoms with Crippen LogP contribution in [0.15, 0.2) is 18.3 Å². The molecule has 0 aromatic carbocycles. The molecule has 2 rings (SSSR count). The molecule has 0 atom stereocenters. The Morgan fingerprint density at radius 3 is 2.94 bits per heavy atom. The second kappa shape index (κ2) is 5.70. The van der Waals surface area contributed by atoms with E-state index < -0.39 is 0 Å². The molecular weight excluding hydrogens is 222 g/mol. The molecule has 0 bridgehead atoms. The molecule has 3 nitrogen and oxygen atoms in total. The Morgan fingerprint density at radius 1 is 1.44 bits per heavy atom. The maximum absolute atomic E-state index is 4.51. The molecule has 0 saturated carbocycles. The van der Waals surface area contributed by atoms with Crippen LogP contribution in [-0.2, 0) is 6.54 Å². The zero-order chi connectivity index (χ0) is 13.0. The summed E-state index contributed by atoms with van der Waals surface area (Å²) in [4.78, 5) is 6.92. The summed E-state index contributed by atoms with van der Waals surface area (Å²) in [7, 11) is 0. The second-order valence-corrected chi connectivity index (χ2v) is 6.03.